The Hall–Kier alpha value is -0.974. The molecule has 9 heteroatoms. The third-order valence-electron chi connectivity index (χ3n) is 18.1. The molecule has 0 atom stereocenters. The molecule has 6 nitrogen and oxygen atoms in total. The van der Waals surface area contributed by atoms with Gasteiger partial charge in [0.1, 0.15) is 20.2 Å². The molecule has 85 heavy (non-hydrogen) atoms. The molecule has 492 valence electrons. The third-order valence-corrected chi connectivity index (χ3v) is 20.0. The number of hydrogen-bond donors (Lipinski definition) is 0. The van der Waals surface area contributed by atoms with Gasteiger partial charge in [-0.05, 0) is 48.9 Å². The Balaban J connectivity index is 0.00000164. The molecule has 2 rings (SSSR count). The Morgan fingerprint density at radius 2 is 0.353 bits per heavy atom. The molecule has 0 N–H and O–H groups in total. The largest absolute Gasteiger partial charge is 2.00 e. The van der Waals surface area contributed by atoms with E-state index in [0.717, 1.165) is 25.7 Å². The van der Waals surface area contributed by atoms with Crippen LogP contribution in [0.2, 0.25) is 0 Å². The molecule has 0 aromatic heterocycles. The number of rotatable bonds is 64. The zero-order chi connectivity index (χ0) is 60.8. The van der Waals surface area contributed by atoms with Crippen LogP contribution < -0.4 is 0 Å². The Kier molecular flexibility index (Phi) is 63.8. The molecule has 0 bridgehead atoms. The molecular formula is C76H138MgO6S2. The molecule has 2 aromatic rings. The third kappa shape index (κ3) is 57.9. The summed E-state index contributed by atoms with van der Waals surface area (Å²) in [4.78, 5) is -0.0826. The summed E-state index contributed by atoms with van der Waals surface area (Å²) < 4.78 is 68.2. The Bertz CT molecular complexity index is 1750. The van der Waals surface area contributed by atoms with Crippen molar-refractivity contribution >= 4 is 43.3 Å². The van der Waals surface area contributed by atoms with Crippen molar-refractivity contribution in [3.05, 3.63) is 59.7 Å². The van der Waals surface area contributed by atoms with Crippen molar-refractivity contribution in [3.63, 3.8) is 0 Å². The average molecular weight is 1240 g/mol. The molecule has 0 saturated heterocycles. The minimum atomic E-state index is -4.37. The van der Waals surface area contributed by atoms with Gasteiger partial charge in [0.2, 0.25) is 0 Å². The van der Waals surface area contributed by atoms with E-state index < -0.39 is 20.2 Å². The van der Waals surface area contributed by atoms with E-state index in [0.29, 0.717) is 24.0 Å². The molecular weight excluding hydrogens is 1100 g/mol. The van der Waals surface area contributed by atoms with Crippen LogP contribution in [0.3, 0.4) is 0 Å². The zero-order valence-electron chi connectivity index (χ0n) is 56.4. The molecule has 0 heterocycles. The van der Waals surface area contributed by atoms with Crippen LogP contribution in [-0.2, 0) is 33.1 Å². The van der Waals surface area contributed by atoms with Crippen LogP contribution in [0.5, 0.6) is 0 Å². The summed E-state index contributed by atoms with van der Waals surface area (Å²) in [6.45, 7) is 4.59. The molecule has 2 aromatic carbocycles. The minimum Gasteiger partial charge on any atom is -0.744 e. The van der Waals surface area contributed by atoms with Crippen molar-refractivity contribution in [1.29, 1.82) is 0 Å². The number of aryl methyl sites for hydroxylation is 2. The van der Waals surface area contributed by atoms with Gasteiger partial charge in [0.05, 0.1) is 9.79 Å². The average Bonchev–Trinajstić information content (AvgIpc) is 3.69. The van der Waals surface area contributed by atoms with E-state index in [1.165, 1.54) is 372 Å². The standard InChI is InChI=1S/2C38H70O3S.Mg/c2*1-2-3-4-5-6-7-8-9-10-11-12-13-14-15-16-17-18-19-20-21-22-23-24-25-26-27-28-29-30-31-34-37-35-32-33-36-38(37)42(39,40)41;/h2*32-33,35-36H,2-31,34H2,1H3,(H,39,40,41);/q;;+2/p-2. The van der Waals surface area contributed by atoms with E-state index in [2.05, 4.69) is 13.8 Å². The van der Waals surface area contributed by atoms with Crippen molar-refractivity contribution in [2.24, 2.45) is 0 Å². The fourth-order valence-corrected chi connectivity index (χ4v) is 14.1. The molecule has 0 saturated carbocycles. The van der Waals surface area contributed by atoms with E-state index in [9.17, 15) is 25.9 Å². The predicted molar refractivity (Wildman–Crippen MR) is 370 cm³/mol. The quantitative estimate of drug-likeness (QED) is 0.0370. The summed E-state index contributed by atoms with van der Waals surface area (Å²) in [6, 6.07) is 13.3. The molecule has 0 amide bonds. The topological polar surface area (TPSA) is 114 Å². The van der Waals surface area contributed by atoms with Crippen molar-refractivity contribution in [2.75, 3.05) is 0 Å². The second-order valence-electron chi connectivity index (χ2n) is 26.1. The SMILES string of the molecule is CCCCCCCCCCCCCCCCCCCCCCCCCCCCCCCCc1ccccc1S(=O)(=O)[O-].CCCCCCCCCCCCCCCCCCCCCCCCCCCCCCCCc1ccccc1S(=O)(=O)[O-].[Mg+2]. The van der Waals surface area contributed by atoms with Crippen LogP contribution in [0, 0.1) is 0 Å². The van der Waals surface area contributed by atoms with Crippen molar-refractivity contribution in [1.82, 2.24) is 0 Å². The number of hydrogen-bond acceptors (Lipinski definition) is 6. The molecule has 0 radical (unpaired) electrons. The first-order valence-electron chi connectivity index (χ1n) is 37.2. The van der Waals surface area contributed by atoms with Gasteiger partial charge >= 0.3 is 23.1 Å². The fraction of sp³-hybridized carbons (Fsp3) is 0.842. The monoisotopic (exact) mass is 1230 g/mol. The maximum absolute atomic E-state index is 11.4. The van der Waals surface area contributed by atoms with Gasteiger partial charge in [-0.2, -0.15) is 0 Å². The summed E-state index contributed by atoms with van der Waals surface area (Å²) >= 11 is 0. The van der Waals surface area contributed by atoms with Crippen LogP contribution in [0.4, 0.5) is 0 Å². The minimum absolute atomic E-state index is 0. The number of benzene rings is 2. The van der Waals surface area contributed by atoms with E-state index >= 15 is 0 Å². The number of unbranched alkanes of at least 4 members (excludes halogenated alkanes) is 58. The first kappa shape index (κ1) is 84.0. The molecule has 0 aliphatic rings. The van der Waals surface area contributed by atoms with Gasteiger partial charge in [-0.1, -0.05) is 423 Å². The first-order valence-corrected chi connectivity index (χ1v) is 40.0. The smallest absolute Gasteiger partial charge is 0.744 e. The van der Waals surface area contributed by atoms with Gasteiger partial charge in [-0.25, -0.2) is 16.8 Å². The van der Waals surface area contributed by atoms with Gasteiger partial charge in [-0.3, -0.25) is 0 Å². The van der Waals surface area contributed by atoms with Crippen LogP contribution in [-0.4, -0.2) is 49.0 Å². The van der Waals surface area contributed by atoms with Crippen LogP contribution in [0.15, 0.2) is 58.3 Å². The van der Waals surface area contributed by atoms with Crippen molar-refractivity contribution in [3.8, 4) is 0 Å². The molecule has 0 spiro atoms. The van der Waals surface area contributed by atoms with Crippen LogP contribution >= 0.6 is 0 Å². The summed E-state index contributed by atoms with van der Waals surface area (Å²) in [5, 5.41) is 0. The van der Waals surface area contributed by atoms with Crippen LogP contribution in [0.1, 0.15) is 410 Å². The van der Waals surface area contributed by atoms with Crippen molar-refractivity contribution < 1.29 is 25.9 Å². The summed E-state index contributed by atoms with van der Waals surface area (Å²) in [6.07, 6.45) is 84.9. The fourth-order valence-electron chi connectivity index (χ4n) is 12.6. The normalized spacial score (nSPS) is 11.7. The van der Waals surface area contributed by atoms with Crippen LogP contribution in [0.25, 0.3) is 0 Å². The Morgan fingerprint density at radius 1 is 0.224 bits per heavy atom. The Morgan fingerprint density at radius 3 is 0.494 bits per heavy atom. The van der Waals surface area contributed by atoms with Gasteiger partial charge in [0, 0.05) is 0 Å². The molecule has 0 aliphatic carbocycles. The summed E-state index contributed by atoms with van der Waals surface area (Å²) in [7, 11) is -8.73. The Labute approximate surface area is 546 Å². The predicted octanol–water partition coefficient (Wildman–Crippen LogP) is 25.3. The van der Waals surface area contributed by atoms with Gasteiger partial charge in [0.25, 0.3) is 0 Å². The van der Waals surface area contributed by atoms with E-state index in [1.54, 1.807) is 24.3 Å². The van der Waals surface area contributed by atoms with E-state index in [1.807, 2.05) is 12.1 Å². The molecule has 0 unspecified atom stereocenters. The second kappa shape index (κ2) is 64.6. The van der Waals surface area contributed by atoms with E-state index in [-0.39, 0.29) is 32.8 Å². The summed E-state index contributed by atoms with van der Waals surface area (Å²) in [5.41, 5.74) is 1.35. The van der Waals surface area contributed by atoms with Gasteiger partial charge in [0.15, 0.2) is 0 Å². The van der Waals surface area contributed by atoms with Gasteiger partial charge in [-0.15, -0.1) is 0 Å². The molecule has 0 fully saturated rings. The van der Waals surface area contributed by atoms with E-state index in [4.69, 9.17) is 0 Å². The van der Waals surface area contributed by atoms with Crippen molar-refractivity contribution in [2.45, 2.75) is 422 Å². The molecule has 0 aliphatic heterocycles. The second-order valence-corrected chi connectivity index (χ2v) is 28.8. The zero-order valence-corrected chi connectivity index (χ0v) is 59.5. The summed E-state index contributed by atoms with van der Waals surface area (Å²) in [5.74, 6) is 0. The maximum atomic E-state index is 11.4. The first-order chi connectivity index (χ1) is 41.1. The maximum Gasteiger partial charge on any atom is 2.00 e. The van der Waals surface area contributed by atoms with Gasteiger partial charge < -0.3 is 9.11 Å².